The van der Waals surface area contributed by atoms with E-state index in [2.05, 4.69) is 15.5 Å². The third-order valence-corrected chi connectivity index (χ3v) is 4.01. The van der Waals surface area contributed by atoms with Gasteiger partial charge in [-0.25, -0.2) is 5.43 Å². The summed E-state index contributed by atoms with van der Waals surface area (Å²) in [5.74, 6) is 0.340. The van der Waals surface area contributed by atoms with Gasteiger partial charge in [-0.15, -0.1) is 0 Å². The second-order valence-electron chi connectivity index (χ2n) is 5.74. The number of amides is 1. The molecule has 0 atom stereocenters. The number of H-pyrrole nitrogens is 1. The van der Waals surface area contributed by atoms with Crippen LogP contribution >= 0.6 is 11.6 Å². The zero-order chi connectivity index (χ0) is 17.8. The summed E-state index contributed by atoms with van der Waals surface area (Å²) < 4.78 is 5.60. The lowest BCUT2D eigenvalue weighted by Gasteiger charge is -2.11. The van der Waals surface area contributed by atoms with Crippen LogP contribution in [0.5, 0.6) is 5.75 Å². The Bertz CT molecular complexity index is 924. The van der Waals surface area contributed by atoms with Gasteiger partial charge in [0, 0.05) is 27.7 Å². The highest BCUT2D eigenvalue weighted by Crippen LogP contribution is 2.26. The fourth-order valence-corrected chi connectivity index (χ4v) is 3.02. The Hall–Kier alpha value is -2.79. The van der Waals surface area contributed by atoms with Crippen LogP contribution < -0.4 is 10.2 Å². The van der Waals surface area contributed by atoms with Gasteiger partial charge in [0.15, 0.2) is 6.61 Å². The number of ether oxygens (including phenoxy) is 1. The van der Waals surface area contributed by atoms with Gasteiger partial charge >= 0.3 is 0 Å². The van der Waals surface area contributed by atoms with Crippen LogP contribution in [0.2, 0.25) is 5.02 Å². The first-order valence-corrected chi connectivity index (χ1v) is 8.20. The molecule has 3 aromatic rings. The van der Waals surface area contributed by atoms with E-state index in [-0.39, 0.29) is 12.5 Å². The quantitative estimate of drug-likeness (QED) is 0.537. The summed E-state index contributed by atoms with van der Waals surface area (Å²) in [5.41, 5.74) is 6.20. The molecule has 0 saturated heterocycles. The van der Waals surface area contributed by atoms with Crippen molar-refractivity contribution in [3.05, 3.63) is 64.3 Å². The molecule has 0 aliphatic heterocycles. The predicted octanol–water partition coefficient (Wildman–Crippen LogP) is 3.97. The molecule has 0 unspecified atom stereocenters. The second kappa shape index (κ2) is 7.40. The number of rotatable bonds is 5. The number of carbonyl (C=O) groups is 1. The van der Waals surface area contributed by atoms with E-state index in [0.717, 1.165) is 27.6 Å². The number of hydrogen-bond acceptors (Lipinski definition) is 3. The fraction of sp³-hybridized carbons (Fsp3) is 0.158. The maximum Gasteiger partial charge on any atom is 0.277 e. The summed E-state index contributed by atoms with van der Waals surface area (Å²) in [6.07, 6.45) is 3.48. The van der Waals surface area contributed by atoms with Crippen LogP contribution in [0.4, 0.5) is 0 Å². The van der Waals surface area contributed by atoms with Gasteiger partial charge < -0.3 is 9.72 Å². The SMILES string of the molecule is Cc1cc(Cl)cc(C)c1OCC(=O)N/N=C/c1cccc2[nH]ccc12. The zero-order valence-corrected chi connectivity index (χ0v) is 14.7. The predicted molar refractivity (Wildman–Crippen MR) is 100 cm³/mol. The number of aromatic amines is 1. The molecule has 0 radical (unpaired) electrons. The third-order valence-electron chi connectivity index (χ3n) is 3.79. The Morgan fingerprint density at radius 1 is 1.28 bits per heavy atom. The minimum absolute atomic E-state index is 0.116. The van der Waals surface area contributed by atoms with Gasteiger partial charge in [0.2, 0.25) is 0 Å². The molecule has 6 heteroatoms. The van der Waals surface area contributed by atoms with E-state index in [1.807, 2.05) is 44.3 Å². The minimum atomic E-state index is -0.328. The molecule has 5 nitrogen and oxygen atoms in total. The maximum absolute atomic E-state index is 11.9. The van der Waals surface area contributed by atoms with Crippen molar-refractivity contribution in [2.24, 2.45) is 5.10 Å². The number of aryl methyl sites for hydroxylation is 2. The molecule has 2 N–H and O–H groups in total. The van der Waals surface area contributed by atoms with Gasteiger partial charge in [-0.1, -0.05) is 23.7 Å². The van der Waals surface area contributed by atoms with Crippen molar-refractivity contribution in [1.29, 1.82) is 0 Å². The van der Waals surface area contributed by atoms with Crippen molar-refractivity contribution in [1.82, 2.24) is 10.4 Å². The van der Waals surface area contributed by atoms with Crippen molar-refractivity contribution in [3.8, 4) is 5.75 Å². The monoisotopic (exact) mass is 355 g/mol. The van der Waals surface area contributed by atoms with Gasteiger partial charge in [0.25, 0.3) is 5.91 Å². The van der Waals surface area contributed by atoms with Crippen molar-refractivity contribution in [2.45, 2.75) is 13.8 Å². The average Bonchev–Trinajstić information content (AvgIpc) is 3.03. The van der Waals surface area contributed by atoms with E-state index >= 15 is 0 Å². The third kappa shape index (κ3) is 4.00. The lowest BCUT2D eigenvalue weighted by atomic mass is 10.1. The highest BCUT2D eigenvalue weighted by atomic mass is 35.5. The zero-order valence-electron chi connectivity index (χ0n) is 14.0. The van der Waals surface area contributed by atoms with Gasteiger partial charge in [-0.3, -0.25) is 4.79 Å². The number of fused-ring (bicyclic) bond motifs is 1. The Labute approximate surface area is 150 Å². The summed E-state index contributed by atoms with van der Waals surface area (Å²) >= 11 is 5.99. The average molecular weight is 356 g/mol. The van der Waals surface area contributed by atoms with Gasteiger partial charge in [-0.05, 0) is 49.2 Å². The first-order valence-electron chi connectivity index (χ1n) is 7.82. The molecule has 0 bridgehead atoms. The fourth-order valence-electron chi connectivity index (χ4n) is 2.69. The highest BCUT2D eigenvalue weighted by molar-refractivity contribution is 6.30. The Morgan fingerprint density at radius 2 is 2.04 bits per heavy atom. The standard InChI is InChI=1S/C19H18ClN3O2/c1-12-8-15(20)9-13(2)19(12)25-11-18(24)23-22-10-14-4-3-5-17-16(14)6-7-21-17/h3-10,21H,11H2,1-2H3,(H,23,24)/b22-10+. The van der Waals surface area contributed by atoms with E-state index in [1.54, 1.807) is 18.3 Å². The molecule has 128 valence electrons. The Balaban J connectivity index is 1.59. The summed E-state index contributed by atoms with van der Waals surface area (Å²) in [4.78, 5) is 15.1. The topological polar surface area (TPSA) is 66.5 Å². The minimum Gasteiger partial charge on any atom is -0.483 e. The molecule has 2 aromatic carbocycles. The molecular formula is C19H18ClN3O2. The number of halogens is 1. The molecule has 0 spiro atoms. The number of carbonyl (C=O) groups excluding carboxylic acids is 1. The molecule has 0 aliphatic carbocycles. The molecule has 3 rings (SSSR count). The first-order chi connectivity index (χ1) is 12.0. The normalized spacial score (nSPS) is 11.2. The lowest BCUT2D eigenvalue weighted by molar-refractivity contribution is -0.123. The Morgan fingerprint density at radius 3 is 2.80 bits per heavy atom. The number of aromatic nitrogens is 1. The van der Waals surface area contributed by atoms with Crippen molar-refractivity contribution in [2.75, 3.05) is 6.61 Å². The summed E-state index contributed by atoms with van der Waals surface area (Å²) in [7, 11) is 0. The number of hydrogen-bond donors (Lipinski definition) is 2. The van der Waals surface area contributed by atoms with Crippen LogP contribution in [0.15, 0.2) is 47.7 Å². The highest BCUT2D eigenvalue weighted by Gasteiger charge is 2.08. The maximum atomic E-state index is 11.9. The largest absolute Gasteiger partial charge is 0.483 e. The van der Waals surface area contributed by atoms with Crippen molar-refractivity contribution >= 4 is 34.6 Å². The van der Waals surface area contributed by atoms with Crippen molar-refractivity contribution in [3.63, 3.8) is 0 Å². The van der Waals surface area contributed by atoms with E-state index in [9.17, 15) is 4.79 Å². The van der Waals surface area contributed by atoms with Crippen LogP contribution in [-0.2, 0) is 4.79 Å². The van der Waals surface area contributed by atoms with E-state index < -0.39 is 0 Å². The summed E-state index contributed by atoms with van der Waals surface area (Å²) in [5, 5.41) is 5.70. The smallest absolute Gasteiger partial charge is 0.277 e. The number of nitrogens with one attached hydrogen (secondary N) is 2. The molecule has 0 saturated carbocycles. The molecular weight excluding hydrogens is 338 g/mol. The van der Waals surface area contributed by atoms with Crippen LogP contribution in [0.25, 0.3) is 10.9 Å². The molecule has 0 aliphatic rings. The van der Waals surface area contributed by atoms with E-state index in [4.69, 9.17) is 16.3 Å². The number of hydrazone groups is 1. The van der Waals surface area contributed by atoms with Crippen LogP contribution in [0.1, 0.15) is 16.7 Å². The van der Waals surface area contributed by atoms with E-state index in [0.29, 0.717) is 10.8 Å². The van der Waals surface area contributed by atoms with E-state index in [1.165, 1.54) is 0 Å². The molecule has 1 amide bonds. The number of nitrogens with zero attached hydrogens (tertiary/aromatic N) is 1. The Kier molecular flexibility index (Phi) is 5.05. The van der Waals surface area contributed by atoms with Crippen LogP contribution in [0.3, 0.4) is 0 Å². The summed E-state index contributed by atoms with van der Waals surface area (Å²) in [6, 6.07) is 11.4. The van der Waals surface area contributed by atoms with Gasteiger partial charge in [-0.2, -0.15) is 5.10 Å². The van der Waals surface area contributed by atoms with Gasteiger partial charge in [0.05, 0.1) is 6.21 Å². The second-order valence-corrected chi connectivity index (χ2v) is 6.17. The molecule has 1 aromatic heterocycles. The van der Waals surface area contributed by atoms with Crippen LogP contribution in [-0.4, -0.2) is 23.7 Å². The number of benzene rings is 2. The molecule has 25 heavy (non-hydrogen) atoms. The lowest BCUT2D eigenvalue weighted by Crippen LogP contribution is -2.25. The van der Waals surface area contributed by atoms with Crippen LogP contribution in [0, 0.1) is 13.8 Å². The summed E-state index contributed by atoms with van der Waals surface area (Å²) in [6.45, 7) is 3.67. The molecule has 1 heterocycles. The first kappa shape index (κ1) is 17.0. The molecule has 0 fully saturated rings. The van der Waals surface area contributed by atoms with Crippen molar-refractivity contribution < 1.29 is 9.53 Å². The van der Waals surface area contributed by atoms with Gasteiger partial charge in [0.1, 0.15) is 5.75 Å².